The Balaban J connectivity index is 1.54. The van der Waals surface area contributed by atoms with Crippen molar-refractivity contribution in [2.24, 2.45) is 0 Å². The van der Waals surface area contributed by atoms with Crippen LogP contribution in [0.2, 0.25) is 0 Å². The van der Waals surface area contributed by atoms with Gasteiger partial charge in [0, 0.05) is 23.6 Å². The highest BCUT2D eigenvalue weighted by atomic mass is 16.5. The van der Waals surface area contributed by atoms with Gasteiger partial charge in [-0.1, -0.05) is 18.2 Å². The molecule has 0 aliphatic carbocycles. The van der Waals surface area contributed by atoms with Gasteiger partial charge in [0.1, 0.15) is 12.6 Å². The Morgan fingerprint density at radius 3 is 3.10 bits per heavy atom. The standard InChI is InChI=1S/C15H17N3O3/c19-14-9-21-8-13(18-14)15(20)16-6-5-10-7-17-12-4-2-1-3-11(10)12/h1-4,7,13,17H,5-6,8-9H2,(H,16,20)(H,18,19). The molecule has 0 radical (unpaired) electrons. The molecule has 2 aromatic rings. The number of carbonyl (C=O) groups excluding carboxylic acids is 2. The number of amides is 2. The fraction of sp³-hybridized carbons (Fsp3) is 0.333. The molecule has 3 rings (SSSR count). The molecule has 1 aromatic carbocycles. The number of nitrogens with one attached hydrogen (secondary N) is 3. The van der Waals surface area contributed by atoms with E-state index in [2.05, 4.69) is 21.7 Å². The summed E-state index contributed by atoms with van der Waals surface area (Å²) in [6, 6.07) is 7.46. The lowest BCUT2D eigenvalue weighted by atomic mass is 10.1. The monoisotopic (exact) mass is 287 g/mol. The summed E-state index contributed by atoms with van der Waals surface area (Å²) in [6.45, 7) is 0.775. The van der Waals surface area contributed by atoms with E-state index in [1.54, 1.807) is 0 Å². The largest absolute Gasteiger partial charge is 0.369 e. The van der Waals surface area contributed by atoms with Crippen LogP contribution in [0.3, 0.4) is 0 Å². The fourth-order valence-corrected chi connectivity index (χ4v) is 2.47. The molecule has 6 nitrogen and oxygen atoms in total. The average Bonchev–Trinajstić information content (AvgIpc) is 2.91. The van der Waals surface area contributed by atoms with Gasteiger partial charge >= 0.3 is 0 Å². The van der Waals surface area contributed by atoms with E-state index in [4.69, 9.17) is 4.74 Å². The zero-order valence-corrected chi connectivity index (χ0v) is 11.5. The molecule has 1 atom stereocenters. The molecular weight excluding hydrogens is 270 g/mol. The number of rotatable bonds is 4. The SMILES string of the molecule is O=C1COCC(C(=O)NCCc2c[nH]c3ccccc23)N1. The van der Waals surface area contributed by atoms with Crippen LogP contribution in [0.1, 0.15) is 5.56 Å². The van der Waals surface area contributed by atoms with Crippen LogP contribution in [-0.4, -0.2) is 42.6 Å². The Labute approximate surface area is 121 Å². The van der Waals surface area contributed by atoms with E-state index in [1.807, 2.05) is 24.4 Å². The molecule has 0 bridgehead atoms. The van der Waals surface area contributed by atoms with Gasteiger partial charge in [-0.05, 0) is 18.1 Å². The molecular formula is C15H17N3O3. The van der Waals surface area contributed by atoms with E-state index >= 15 is 0 Å². The molecule has 1 aliphatic heterocycles. The second kappa shape index (κ2) is 5.97. The molecule has 1 saturated heterocycles. The second-order valence-corrected chi connectivity index (χ2v) is 5.04. The lowest BCUT2D eigenvalue weighted by Crippen LogP contribution is -2.54. The number of benzene rings is 1. The van der Waals surface area contributed by atoms with E-state index in [-0.39, 0.29) is 25.0 Å². The van der Waals surface area contributed by atoms with Crippen molar-refractivity contribution in [1.82, 2.24) is 15.6 Å². The van der Waals surface area contributed by atoms with E-state index in [1.165, 1.54) is 5.39 Å². The Morgan fingerprint density at radius 1 is 1.38 bits per heavy atom. The summed E-state index contributed by atoms with van der Waals surface area (Å²) < 4.78 is 5.05. The van der Waals surface area contributed by atoms with Crippen molar-refractivity contribution in [3.05, 3.63) is 36.0 Å². The van der Waals surface area contributed by atoms with E-state index in [0.29, 0.717) is 6.54 Å². The van der Waals surface area contributed by atoms with Crippen molar-refractivity contribution in [3.63, 3.8) is 0 Å². The van der Waals surface area contributed by atoms with Crippen molar-refractivity contribution in [2.45, 2.75) is 12.5 Å². The average molecular weight is 287 g/mol. The zero-order valence-electron chi connectivity index (χ0n) is 11.5. The number of aromatic nitrogens is 1. The zero-order chi connectivity index (χ0) is 14.7. The molecule has 1 fully saturated rings. The van der Waals surface area contributed by atoms with Gasteiger partial charge in [0.2, 0.25) is 11.8 Å². The normalized spacial score (nSPS) is 18.5. The maximum absolute atomic E-state index is 11.9. The number of H-pyrrole nitrogens is 1. The smallest absolute Gasteiger partial charge is 0.246 e. The first kappa shape index (κ1) is 13.6. The van der Waals surface area contributed by atoms with Gasteiger partial charge in [-0.25, -0.2) is 0 Å². The van der Waals surface area contributed by atoms with Gasteiger partial charge in [0.05, 0.1) is 6.61 Å². The van der Waals surface area contributed by atoms with Gasteiger partial charge in [0.25, 0.3) is 0 Å². The number of morpholine rings is 1. The maximum Gasteiger partial charge on any atom is 0.246 e. The number of carbonyl (C=O) groups is 2. The van der Waals surface area contributed by atoms with Crippen molar-refractivity contribution < 1.29 is 14.3 Å². The highest BCUT2D eigenvalue weighted by Gasteiger charge is 2.24. The Kier molecular flexibility index (Phi) is 3.87. The number of hydrogen-bond donors (Lipinski definition) is 3. The van der Waals surface area contributed by atoms with Gasteiger partial charge in [-0.3, -0.25) is 9.59 Å². The molecule has 110 valence electrons. The highest BCUT2D eigenvalue weighted by Crippen LogP contribution is 2.17. The predicted octanol–water partition coefficient (Wildman–Crippen LogP) is 0.342. The number of para-hydroxylation sites is 1. The third-order valence-electron chi connectivity index (χ3n) is 3.54. The highest BCUT2D eigenvalue weighted by molar-refractivity contribution is 5.89. The molecule has 1 unspecified atom stereocenters. The number of hydrogen-bond acceptors (Lipinski definition) is 3. The quantitative estimate of drug-likeness (QED) is 0.758. The maximum atomic E-state index is 11.9. The lowest BCUT2D eigenvalue weighted by molar-refractivity contribution is -0.138. The molecule has 1 aromatic heterocycles. The van der Waals surface area contributed by atoms with Crippen molar-refractivity contribution in [1.29, 1.82) is 0 Å². The first-order valence-corrected chi connectivity index (χ1v) is 6.94. The van der Waals surface area contributed by atoms with Crippen LogP contribution < -0.4 is 10.6 Å². The Morgan fingerprint density at radius 2 is 2.24 bits per heavy atom. The summed E-state index contributed by atoms with van der Waals surface area (Å²) >= 11 is 0. The van der Waals surface area contributed by atoms with Crippen LogP contribution in [0.25, 0.3) is 10.9 Å². The second-order valence-electron chi connectivity index (χ2n) is 5.04. The Bertz CT molecular complexity index is 665. The summed E-state index contributed by atoms with van der Waals surface area (Å²) in [6.07, 6.45) is 2.69. The first-order valence-electron chi connectivity index (χ1n) is 6.94. The van der Waals surface area contributed by atoms with Gasteiger partial charge in [0.15, 0.2) is 0 Å². The van der Waals surface area contributed by atoms with Crippen molar-refractivity contribution >= 4 is 22.7 Å². The molecule has 2 amide bonds. The number of fused-ring (bicyclic) bond motifs is 1. The summed E-state index contributed by atoms with van der Waals surface area (Å²) in [5, 5.41) is 6.60. The van der Waals surface area contributed by atoms with E-state index < -0.39 is 6.04 Å². The van der Waals surface area contributed by atoms with E-state index in [9.17, 15) is 9.59 Å². The summed E-state index contributed by atoms with van der Waals surface area (Å²) in [5.41, 5.74) is 2.25. The third-order valence-corrected chi connectivity index (χ3v) is 3.54. The molecule has 2 heterocycles. The molecule has 3 N–H and O–H groups in total. The summed E-state index contributed by atoms with van der Waals surface area (Å²) in [7, 11) is 0. The van der Waals surface area contributed by atoms with Gasteiger partial charge < -0.3 is 20.4 Å². The van der Waals surface area contributed by atoms with Crippen molar-refractivity contribution in [3.8, 4) is 0 Å². The lowest BCUT2D eigenvalue weighted by Gasteiger charge is -2.22. The molecule has 0 saturated carbocycles. The van der Waals surface area contributed by atoms with Crippen LogP contribution in [0.4, 0.5) is 0 Å². The number of aromatic amines is 1. The van der Waals surface area contributed by atoms with Gasteiger partial charge in [-0.2, -0.15) is 0 Å². The third kappa shape index (κ3) is 3.05. The summed E-state index contributed by atoms with van der Waals surface area (Å²) in [4.78, 5) is 26.3. The van der Waals surface area contributed by atoms with Crippen LogP contribution in [0, 0.1) is 0 Å². The Hall–Kier alpha value is -2.34. The van der Waals surface area contributed by atoms with Crippen molar-refractivity contribution in [2.75, 3.05) is 19.8 Å². The molecule has 0 spiro atoms. The van der Waals surface area contributed by atoms with Gasteiger partial charge in [-0.15, -0.1) is 0 Å². The van der Waals surface area contributed by atoms with Crippen LogP contribution >= 0.6 is 0 Å². The van der Waals surface area contributed by atoms with Crippen LogP contribution in [-0.2, 0) is 20.7 Å². The van der Waals surface area contributed by atoms with Crippen LogP contribution in [0.15, 0.2) is 30.5 Å². The number of ether oxygens (including phenoxy) is 1. The predicted molar refractivity (Wildman–Crippen MR) is 77.8 cm³/mol. The van der Waals surface area contributed by atoms with Crippen LogP contribution in [0.5, 0.6) is 0 Å². The molecule has 1 aliphatic rings. The topological polar surface area (TPSA) is 83.2 Å². The summed E-state index contributed by atoms with van der Waals surface area (Å²) in [5.74, 6) is -0.457. The minimum Gasteiger partial charge on any atom is -0.369 e. The first-order chi connectivity index (χ1) is 10.2. The minimum absolute atomic E-state index is 0.0269. The fourth-order valence-electron chi connectivity index (χ4n) is 2.47. The minimum atomic E-state index is -0.589. The van der Waals surface area contributed by atoms with E-state index in [0.717, 1.165) is 17.5 Å². The molecule has 6 heteroatoms. The molecule has 21 heavy (non-hydrogen) atoms.